The first-order valence-electron chi connectivity index (χ1n) is 4.45. The van der Waals surface area contributed by atoms with Gasteiger partial charge in [-0.3, -0.25) is 4.79 Å². The normalized spacial score (nSPS) is 13.5. The maximum atomic E-state index is 11.0. The third kappa shape index (κ3) is 1.94. The van der Waals surface area contributed by atoms with Gasteiger partial charge in [-0.1, -0.05) is 18.2 Å². The zero-order valence-corrected chi connectivity index (χ0v) is 8.53. The highest BCUT2D eigenvalue weighted by Crippen LogP contribution is 2.27. The number of carbonyl (C=O) groups excluding carboxylic acids is 2. The number of hydroxylamine groups is 1. The molecule has 2 rings (SSSR count). The van der Waals surface area contributed by atoms with Gasteiger partial charge in [-0.25, -0.2) is 9.86 Å². The Morgan fingerprint density at radius 3 is 2.80 bits per heavy atom. The Kier molecular flexibility index (Phi) is 2.60. The van der Waals surface area contributed by atoms with E-state index in [4.69, 9.17) is 16.4 Å². The third-order valence-electron chi connectivity index (χ3n) is 2.20. The number of rotatable bonds is 2. The summed E-state index contributed by atoms with van der Waals surface area (Å²) in [5.74, 6) is -1.05. The van der Waals surface area contributed by atoms with Gasteiger partial charge in [0, 0.05) is 0 Å². The lowest BCUT2D eigenvalue weighted by Gasteiger charge is -2.16. The van der Waals surface area contributed by atoms with Gasteiger partial charge in [0.05, 0.1) is 12.2 Å². The molecular formula is C10H8ClNO3. The fourth-order valence-electron chi connectivity index (χ4n) is 1.54. The van der Waals surface area contributed by atoms with E-state index in [9.17, 15) is 9.59 Å². The fraction of sp³-hybridized carbons (Fsp3) is 0.200. The van der Waals surface area contributed by atoms with Crippen LogP contribution in [0.1, 0.15) is 5.56 Å². The number of hydrogen-bond acceptors (Lipinski definition) is 4. The number of para-hydroxylation sites is 1. The van der Waals surface area contributed by atoms with Crippen LogP contribution >= 0.6 is 11.6 Å². The summed E-state index contributed by atoms with van der Waals surface area (Å²) in [5, 5.41) is 0.275. The summed E-state index contributed by atoms with van der Waals surface area (Å²) >= 11 is 4.99. The summed E-state index contributed by atoms with van der Waals surface area (Å²) in [6, 6.07) is 7.53. The molecule has 0 radical (unpaired) electrons. The average molecular weight is 226 g/mol. The maximum absolute atomic E-state index is 11.0. The Balaban J connectivity index is 2.14. The van der Waals surface area contributed by atoms with E-state index < -0.39 is 11.2 Å². The van der Waals surface area contributed by atoms with E-state index >= 15 is 0 Å². The van der Waals surface area contributed by atoms with Crippen LogP contribution in [-0.4, -0.2) is 17.8 Å². The standard InChI is InChI=1S/C10H8ClNO3/c11-9(13)10(14)15-12-6-5-7-3-1-2-4-8(7)12/h1-4H,5-6H2. The van der Waals surface area contributed by atoms with Gasteiger partial charge >= 0.3 is 11.2 Å². The quantitative estimate of drug-likeness (QED) is 0.562. The molecule has 0 atom stereocenters. The third-order valence-corrected chi connectivity index (χ3v) is 2.35. The molecule has 0 aliphatic carbocycles. The van der Waals surface area contributed by atoms with Crippen molar-refractivity contribution in [1.29, 1.82) is 0 Å². The predicted molar refractivity (Wildman–Crippen MR) is 54.4 cm³/mol. The number of fused-ring (bicyclic) bond motifs is 1. The van der Waals surface area contributed by atoms with E-state index in [1.165, 1.54) is 5.06 Å². The molecule has 4 nitrogen and oxygen atoms in total. The smallest absolute Gasteiger partial charge is 0.331 e. The SMILES string of the molecule is O=C(Cl)C(=O)ON1CCc2ccccc21. The van der Waals surface area contributed by atoms with Crippen LogP contribution in [0.25, 0.3) is 0 Å². The molecule has 0 fully saturated rings. The van der Waals surface area contributed by atoms with Crippen molar-refractivity contribution in [1.82, 2.24) is 0 Å². The van der Waals surface area contributed by atoms with Gasteiger partial charge in [0.25, 0.3) is 0 Å². The number of halogens is 1. The van der Waals surface area contributed by atoms with Crippen LogP contribution in [0.4, 0.5) is 5.69 Å². The van der Waals surface area contributed by atoms with Crippen LogP contribution in [0, 0.1) is 0 Å². The van der Waals surface area contributed by atoms with E-state index in [-0.39, 0.29) is 0 Å². The van der Waals surface area contributed by atoms with Crippen LogP contribution < -0.4 is 5.06 Å². The highest BCUT2D eigenvalue weighted by Gasteiger charge is 2.24. The molecular weight excluding hydrogens is 218 g/mol. The zero-order chi connectivity index (χ0) is 10.8. The van der Waals surface area contributed by atoms with E-state index in [0.717, 1.165) is 17.7 Å². The minimum atomic E-state index is -1.11. The van der Waals surface area contributed by atoms with E-state index in [1.54, 1.807) is 0 Å². The monoisotopic (exact) mass is 225 g/mol. The molecule has 0 spiro atoms. The zero-order valence-electron chi connectivity index (χ0n) is 7.77. The lowest BCUT2D eigenvalue weighted by atomic mass is 10.2. The number of benzene rings is 1. The molecule has 15 heavy (non-hydrogen) atoms. The van der Waals surface area contributed by atoms with Crippen LogP contribution in [0.3, 0.4) is 0 Å². The molecule has 0 amide bonds. The van der Waals surface area contributed by atoms with Crippen molar-refractivity contribution >= 4 is 28.5 Å². The van der Waals surface area contributed by atoms with Gasteiger partial charge < -0.3 is 4.84 Å². The minimum absolute atomic E-state index is 0.551. The molecule has 0 unspecified atom stereocenters. The predicted octanol–water partition coefficient (Wildman–Crippen LogP) is 1.27. The van der Waals surface area contributed by atoms with Crippen molar-refractivity contribution < 1.29 is 14.4 Å². The Bertz CT molecular complexity index is 419. The van der Waals surface area contributed by atoms with Crippen molar-refractivity contribution in [2.75, 3.05) is 11.6 Å². The van der Waals surface area contributed by atoms with Crippen molar-refractivity contribution in [3.63, 3.8) is 0 Å². The summed E-state index contributed by atoms with van der Waals surface area (Å²) in [7, 11) is 0. The van der Waals surface area contributed by atoms with Crippen molar-refractivity contribution in [2.24, 2.45) is 0 Å². The van der Waals surface area contributed by atoms with Crippen LogP contribution in [0.15, 0.2) is 24.3 Å². The molecule has 1 aromatic rings. The summed E-state index contributed by atoms with van der Waals surface area (Å²) in [6.07, 6.45) is 0.792. The number of anilines is 1. The summed E-state index contributed by atoms with van der Waals surface area (Å²) in [6.45, 7) is 0.551. The van der Waals surface area contributed by atoms with Crippen molar-refractivity contribution in [3.05, 3.63) is 29.8 Å². The molecule has 0 saturated heterocycles. The minimum Gasteiger partial charge on any atom is -0.331 e. The first-order valence-corrected chi connectivity index (χ1v) is 4.83. The van der Waals surface area contributed by atoms with Gasteiger partial charge in [0.2, 0.25) is 0 Å². The highest BCUT2D eigenvalue weighted by molar-refractivity contribution is 6.80. The summed E-state index contributed by atoms with van der Waals surface area (Å²) < 4.78 is 0. The van der Waals surface area contributed by atoms with Gasteiger partial charge in [-0.2, -0.15) is 0 Å². The van der Waals surface area contributed by atoms with Gasteiger partial charge in [-0.05, 0) is 29.7 Å². The Morgan fingerprint density at radius 1 is 1.33 bits per heavy atom. The molecule has 0 N–H and O–H groups in total. The topological polar surface area (TPSA) is 46.6 Å². The second kappa shape index (κ2) is 3.90. The molecule has 0 bridgehead atoms. The lowest BCUT2D eigenvalue weighted by Crippen LogP contribution is -2.27. The second-order valence-electron chi connectivity index (χ2n) is 3.13. The molecule has 1 heterocycles. The van der Waals surface area contributed by atoms with Gasteiger partial charge in [0.15, 0.2) is 0 Å². The van der Waals surface area contributed by atoms with E-state index in [1.807, 2.05) is 24.3 Å². The first kappa shape index (κ1) is 9.98. The Labute approximate surface area is 91.3 Å². The summed E-state index contributed by atoms with van der Waals surface area (Å²) in [5.41, 5.74) is 1.90. The molecule has 1 aromatic carbocycles. The van der Waals surface area contributed by atoms with Crippen LogP contribution in [0.5, 0.6) is 0 Å². The second-order valence-corrected chi connectivity index (χ2v) is 3.48. The summed E-state index contributed by atoms with van der Waals surface area (Å²) in [4.78, 5) is 26.3. The van der Waals surface area contributed by atoms with E-state index in [2.05, 4.69) is 0 Å². The van der Waals surface area contributed by atoms with Crippen LogP contribution in [-0.2, 0) is 20.8 Å². The van der Waals surface area contributed by atoms with Crippen molar-refractivity contribution in [3.8, 4) is 0 Å². The number of carbonyl (C=O) groups is 2. The number of nitrogens with zero attached hydrogens (tertiary/aromatic N) is 1. The van der Waals surface area contributed by atoms with E-state index in [0.29, 0.717) is 6.54 Å². The van der Waals surface area contributed by atoms with Gasteiger partial charge in [0.1, 0.15) is 0 Å². The van der Waals surface area contributed by atoms with Crippen molar-refractivity contribution in [2.45, 2.75) is 6.42 Å². The molecule has 0 aromatic heterocycles. The van der Waals surface area contributed by atoms with Crippen LogP contribution in [0.2, 0.25) is 0 Å². The molecule has 0 saturated carbocycles. The average Bonchev–Trinajstić information content (AvgIpc) is 2.62. The Morgan fingerprint density at radius 2 is 2.07 bits per heavy atom. The molecule has 1 aliphatic rings. The molecule has 5 heteroatoms. The fourth-order valence-corrected chi connectivity index (χ4v) is 1.57. The first-order chi connectivity index (χ1) is 7.18. The highest BCUT2D eigenvalue weighted by atomic mass is 35.5. The maximum Gasteiger partial charge on any atom is 0.415 e. The molecule has 1 aliphatic heterocycles. The van der Waals surface area contributed by atoms with Gasteiger partial charge in [-0.15, -0.1) is 0 Å². The largest absolute Gasteiger partial charge is 0.415 e. The number of hydrogen-bond donors (Lipinski definition) is 0. The molecule has 78 valence electrons. The Hall–Kier alpha value is -1.55. The lowest BCUT2D eigenvalue weighted by molar-refractivity contribution is -0.151.